The molecule has 0 amide bonds. The molecule has 0 saturated heterocycles. The van der Waals surface area contributed by atoms with Crippen LogP contribution in [0.1, 0.15) is 39.5 Å². The second-order valence-electron chi connectivity index (χ2n) is 3.03. The van der Waals surface area contributed by atoms with Gasteiger partial charge in [0.05, 0.1) is 0 Å². The normalized spacial score (nSPS) is 9.36. The van der Waals surface area contributed by atoms with Gasteiger partial charge in [-0.1, -0.05) is 26.7 Å². The fraction of sp³-hybridized carbons (Fsp3) is 0.875. The fourth-order valence-corrected chi connectivity index (χ4v) is 0.829. The van der Waals surface area contributed by atoms with E-state index in [1.165, 1.54) is 0 Å². The molecule has 11 heavy (non-hydrogen) atoms. The number of hydrogen-bond acceptors (Lipinski definition) is 1. The van der Waals surface area contributed by atoms with E-state index in [1.807, 2.05) is 0 Å². The van der Waals surface area contributed by atoms with Crippen molar-refractivity contribution in [2.24, 2.45) is 5.92 Å². The monoisotopic (exact) mass is 297 g/mol. The van der Waals surface area contributed by atoms with Crippen molar-refractivity contribution in [2.45, 2.75) is 39.5 Å². The van der Waals surface area contributed by atoms with Gasteiger partial charge in [-0.25, -0.2) is 0 Å². The largest absolute Gasteiger partial charge is 0.481 e. The Morgan fingerprint density at radius 2 is 1.91 bits per heavy atom. The molecule has 0 aliphatic heterocycles. The molecule has 2 nitrogen and oxygen atoms in total. The molecule has 0 heterocycles. The van der Waals surface area contributed by atoms with Crippen LogP contribution in [0.5, 0.6) is 0 Å². The van der Waals surface area contributed by atoms with Crippen LogP contribution in [0.25, 0.3) is 0 Å². The zero-order valence-corrected chi connectivity index (χ0v) is 9.56. The number of aliphatic carboxylic acids is 1. The summed E-state index contributed by atoms with van der Waals surface area (Å²) in [5, 5.41) is 8.28. The SMILES string of the molecule is CC(C)CCCCC(=O)O.[Eu]. The maximum atomic E-state index is 10.0. The van der Waals surface area contributed by atoms with Crippen LogP contribution in [0.3, 0.4) is 0 Å². The number of carbonyl (C=O) groups is 1. The average molecular weight is 296 g/mol. The summed E-state index contributed by atoms with van der Waals surface area (Å²) in [4.78, 5) is 10.0. The van der Waals surface area contributed by atoms with Gasteiger partial charge in [-0.05, 0) is 12.3 Å². The third kappa shape index (κ3) is 14.0. The zero-order chi connectivity index (χ0) is 7.98. The van der Waals surface area contributed by atoms with Crippen molar-refractivity contribution in [1.82, 2.24) is 0 Å². The first-order valence-electron chi connectivity index (χ1n) is 3.84. The van der Waals surface area contributed by atoms with Crippen LogP contribution >= 0.6 is 0 Å². The van der Waals surface area contributed by atoms with Gasteiger partial charge in [0.25, 0.3) is 0 Å². The molecular weight excluding hydrogens is 280 g/mol. The molecule has 1 N–H and O–H groups in total. The van der Waals surface area contributed by atoms with E-state index in [0.29, 0.717) is 12.3 Å². The van der Waals surface area contributed by atoms with Crippen molar-refractivity contribution in [3.63, 3.8) is 0 Å². The van der Waals surface area contributed by atoms with Gasteiger partial charge in [0.2, 0.25) is 0 Å². The predicted molar refractivity (Wildman–Crippen MR) is 40.9 cm³/mol. The Morgan fingerprint density at radius 3 is 2.27 bits per heavy atom. The first kappa shape index (κ1) is 14.6. The summed E-state index contributed by atoms with van der Waals surface area (Å²) in [6, 6.07) is 0. The minimum absolute atomic E-state index is 0. The van der Waals surface area contributed by atoms with Gasteiger partial charge in [0.1, 0.15) is 0 Å². The smallest absolute Gasteiger partial charge is 0.303 e. The van der Waals surface area contributed by atoms with Crippen LogP contribution in [0, 0.1) is 55.3 Å². The van der Waals surface area contributed by atoms with Gasteiger partial charge in [-0.15, -0.1) is 0 Å². The number of unbranched alkanes of at least 4 members (excludes halogenated alkanes) is 1. The Bertz CT molecular complexity index is 102. The summed E-state index contributed by atoms with van der Waals surface area (Å²) in [5.41, 5.74) is 0. The number of carboxylic acid groups (broad SMARTS) is 1. The Labute approximate surface area is 109 Å². The molecule has 1 radical (unpaired) electrons. The molecule has 0 aliphatic carbocycles. The minimum atomic E-state index is -0.677. The van der Waals surface area contributed by atoms with Crippen LogP contribution in [0.2, 0.25) is 0 Å². The van der Waals surface area contributed by atoms with E-state index >= 15 is 0 Å². The van der Waals surface area contributed by atoms with E-state index in [2.05, 4.69) is 13.8 Å². The quantitative estimate of drug-likeness (QED) is 0.790. The number of rotatable bonds is 5. The van der Waals surface area contributed by atoms with Crippen LogP contribution in [0.4, 0.5) is 0 Å². The van der Waals surface area contributed by atoms with Crippen molar-refractivity contribution in [3.05, 3.63) is 0 Å². The number of hydrogen-bond donors (Lipinski definition) is 1. The Balaban J connectivity index is 0. The van der Waals surface area contributed by atoms with E-state index in [-0.39, 0.29) is 49.4 Å². The maximum absolute atomic E-state index is 10.0. The van der Waals surface area contributed by atoms with E-state index in [9.17, 15) is 4.79 Å². The van der Waals surface area contributed by atoms with Crippen LogP contribution in [-0.4, -0.2) is 11.1 Å². The van der Waals surface area contributed by atoms with Gasteiger partial charge in [-0.2, -0.15) is 0 Å². The van der Waals surface area contributed by atoms with Crippen molar-refractivity contribution in [2.75, 3.05) is 0 Å². The summed E-state index contributed by atoms with van der Waals surface area (Å²) >= 11 is 0. The van der Waals surface area contributed by atoms with Gasteiger partial charge in [0.15, 0.2) is 0 Å². The summed E-state index contributed by atoms with van der Waals surface area (Å²) in [6.07, 6.45) is 3.34. The zero-order valence-electron chi connectivity index (χ0n) is 7.14. The first-order valence-corrected chi connectivity index (χ1v) is 3.84. The van der Waals surface area contributed by atoms with E-state index < -0.39 is 5.97 Å². The molecule has 67 valence electrons. The topological polar surface area (TPSA) is 37.3 Å². The first-order chi connectivity index (χ1) is 4.63. The van der Waals surface area contributed by atoms with E-state index in [4.69, 9.17) is 5.11 Å². The summed E-state index contributed by atoms with van der Waals surface area (Å²) in [7, 11) is 0. The second-order valence-corrected chi connectivity index (χ2v) is 3.03. The molecule has 0 bridgehead atoms. The average Bonchev–Trinajstić information content (AvgIpc) is 1.79. The van der Waals surface area contributed by atoms with Gasteiger partial charge in [-0.3, -0.25) is 4.79 Å². The molecule has 3 heteroatoms. The molecule has 0 spiro atoms. The standard InChI is InChI=1S/C8H16O2.Eu/c1-7(2)5-3-4-6-8(9)10;/h7H,3-6H2,1-2H3,(H,9,10);. The molecule has 0 rings (SSSR count). The molecule has 0 aromatic heterocycles. The molecule has 0 fully saturated rings. The summed E-state index contributed by atoms with van der Waals surface area (Å²) < 4.78 is 0. The van der Waals surface area contributed by atoms with Crippen LogP contribution in [0.15, 0.2) is 0 Å². The second kappa shape index (κ2) is 9.14. The molecule has 0 aromatic carbocycles. The van der Waals surface area contributed by atoms with Gasteiger partial charge in [0, 0.05) is 55.8 Å². The maximum Gasteiger partial charge on any atom is 0.303 e. The minimum Gasteiger partial charge on any atom is -0.481 e. The number of carboxylic acids is 1. The van der Waals surface area contributed by atoms with Gasteiger partial charge < -0.3 is 5.11 Å². The Kier molecular flexibility index (Phi) is 12.1. The van der Waals surface area contributed by atoms with Crippen LogP contribution in [-0.2, 0) is 4.79 Å². The Morgan fingerprint density at radius 1 is 1.36 bits per heavy atom. The van der Waals surface area contributed by atoms with Crippen molar-refractivity contribution >= 4 is 5.97 Å². The van der Waals surface area contributed by atoms with Crippen molar-refractivity contribution in [1.29, 1.82) is 0 Å². The van der Waals surface area contributed by atoms with E-state index in [1.54, 1.807) is 0 Å². The molecule has 0 aliphatic rings. The van der Waals surface area contributed by atoms with Crippen LogP contribution < -0.4 is 0 Å². The molecule has 0 saturated carbocycles. The summed E-state index contributed by atoms with van der Waals surface area (Å²) in [5.74, 6) is 0.0255. The Hall–Kier alpha value is 1.05. The molecule has 0 aromatic rings. The third-order valence-corrected chi connectivity index (χ3v) is 1.42. The molecule has 0 atom stereocenters. The summed E-state index contributed by atoms with van der Waals surface area (Å²) in [6.45, 7) is 4.31. The predicted octanol–water partition coefficient (Wildman–Crippen LogP) is 2.29. The molecular formula is C8H16EuO2. The molecule has 0 unspecified atom stereocenters. The van der Waals surface area contributed by atoms with Crippen molar-refractivity contribution < 1.29 is 59.3 Å². The van der Waals surface area contributed by atoms with Crippen molar-refractivity contribution in [3.8, 4) is 0 Å². The van der Waals surface area contributed by atoms with E-state index in [0.717, 1.165) is 19.3 Å². The van der Waals surface area contributed by atoms with Gasteiger partial charge >= 0.3 is 5.97 Å². The third-order valence-electron chi connectivity index (χ3n) is 1.42. The fourth-order valence-electron chi connectivity index (χ4n) is 0.829.